The number of aryl methyl sites for hydroxylation is 1. The number of hydrogen-bond donors (Lipinski definition) is 2. The van der Waals surface area contributed by atoms with Gasteiger partial charge in [0.05, 0.1) is 5.92 Å². The molecule has 0 aromatic carbocycles. The third-order valence-electron chi connectivity index (χ3n) is 3.11. The number of carboxylic acid groups (broad SMARTS) is 1. The summed E-state index contributed by atoms with van der Waals surface area (Å²) in [5, 5.41) is 9.15. The van der Waals surface area contributed by atoms with E-state index in [0.717, 1.165) is 29.7 Å². The number of aromatic amines is 1. The third kappa shape index (κ3) is 1.43. The average Bonchev–Trinajstić information content (AvgIpc) is 2.88. The van der Waals surface area contributed by atoms with Gasteiger partial charge < -0.3 is 10.1 Å². The van der Waals surface area contributed by atoms with Crippen LogP contribution in [0.4, 0.5) is 0 Å². The van der Waals surface area contributed by atoms with Gasteiger partial charge in [-0.2, -0.15) is 0 Å². The molecular weight excluding hydrogens is 178 g/mol. The molecule has 1 unspecified atom stereocenters. The summed E-state index contributed by atoms with van der Waals surface area (Å²) in [5.41, 5.74) is 3.15. The average molecular weight is 193 g/mol. The molecule has 1 heterocycles. The van der Waals surface area contributed by atoms with Crippen molar-refractivity contribution in [1.29, 1.82) is 0 Å². The van der Waals surface area contributed by atoms with Crippen LogP contribution in [0, 0.1) is 19.8 Å². The van der Waals surface area contributed by atoms with Crippen molar-refractivity contribution in [3.8, 4) is 0 Å². The Bertz CT molecular complexity index is 363. The Morgan fingerprint density at radius 2 is 2.21 bits per heavy atom. The zero-order valence-corrected chi connectivity index (χ0v) is 8.50. The van der Waals surface area contributed by atoms with Gasteiger partial charge in [0.1, 0.15) is 0 Å². The Hall–Kier alpha value is -1.25. The van der Waals surface area contributed by atoms with Crippen LogP contribution < -0.4 is 0 Å². The van der Waals surface area contributed by atoms with Gasteiger partial charge in [-0.15, -0.1) is 0 Å². The number of hydrogen-bond acceptors (Lipinski definition) is 1. The number of nitrogens with one attached hydrogen (secondary N) is 1. The second kappa shape index (κ2) is 3.15. The molecule has 0 amide bonds. The molecule has 0 radical (unpaired) electrons. The Kier molecular flexibility index (Phi) is 2.10. The summed E-state index contributed by atoms with van der Waals surface area (Å²) >= 11 is 0. The van der Waals surface area contributed by atoms with Crippen molar-refractivity contribution in [3.05, 3.63) is 23.0 Å². The molecule has 1 aromatic heterocycles. The van der Waals surface area contributed by atoms with Crippen molar-refractivity contribution < 1.29 is 9.90 Å². The van der Waals surface area contributed by atoms with E-state index in [-0.39, 0.29) is 5.92 Å². The molecule has 1 aliphatic rings. The minimum atomic E-state index is -0.697. The monoisotopic (exact) mass is 193 g/mol. The summed E-state index contributed by atoms with van der Waals surface area (Å²) in [5.74, 6) is -0.662. The third-order valence-corrected chi connectivity index (χ3v) is 3.11. The lowest BCUT2D eigenvalue weighted by atomic mass is 9.96. The van der Waals surface area contributed by atoms with Gasteiger partial charge in [0.15, 0.2) is 0 Å². The van der Waals surface area contributed by atoms with E-state index < -0.39 is 5.97 Å². The first-order valence-electron chi connectivity index (χ1n) is 4.98. The lowest BCUT2D eigenvalue weighted by Crippen LogP contribution is -2.15. The number of rotatable bonds is 3. The normalized spacial score (nSPS) is 18.1. The van der Waals surface area contributed by atoms with Crippen LogP contribution in [-0.4, -0.2) is 16.1 Å². The molecule has 1 aliphatic carbocycles. The van der Waals surface area contributed by atoms with E-state index in [4.69, 9.17) is 5.11 Å². The van der Waals surface area contributed by atoms with Gasteiger partial charge in [-0.05, 0) is 43.7 Å². The van der Waals surface area contributed by atoms with Crippen molar-refractivity contribution >= 4 is 5.97 Å². The topological polar surface area (TPSA) is 53.1 Å². The van der Waals surface area contributed by atoms with Crippen LogP contribution in [0.1, 0.15) is 35.6 Å². The van der Waals surface area contributed by atoms with E-state index in [9.17, 15) is 4.79 Å². The van der Waals surface area contributed by atoms with Gasteiger partial charge in [0, 0.05) is 11.9 Å². The van der Waals surface area contributed by atoms with Crippen LogP contribution in [0.2, 0.25) is 0 Å². The molecule has 0 aliphatic heterocycles. The molecule has 3 heteroatoms. The summed E-state index contributed by atoms with van der Waals surface area (Å²) in [6.07, 6.45) is 3.99. The molecular formula is C11H15NO2. The molecule has 3 nitrogen and oxygen atoms in total. The first-order valence-corrected chi connectivity index (χ1v) is 4.98. The van der Waals surface area contributed by atoms with Gasteiger partial charge in [-0.25, -0.2) is 0 Å². The SMILES string of the molecule is Cc1c[nH]c(C(C(=O)O)C2CC2)c1C. The quantitative estimate of drug-likeness (QED) is 0.773. The molecule has 1 fully saturated rings. The molecule has 2 N–H and O–H groups in total. The van der Waals surface area contributed by atoms with E-state index in [1.807, 2.05) is 20.0 Å². The highest BCUT2D eigenvalue weighted by Crippen LogP contribution is 2.43. The summed E-state index contributed by atoms with van der Waals surface area (Å²) in [4.78, 5) is 14.2. The molecule has 76 valence electrons. The predicted molar refractivity (Wildman–Crippen MR) is 53.4 cm³/mol. The number of carbonyl (C=O) groups is 1. The molecule has 2 rings (SSSR count). The van der Waals surface area contributed by atoms with E-state index in [1.54, 1.807) is 0 Å². The standard InChI is InChI=1S/C11H15NO2/c1-6-5-12-10(7(6)2)9(11(13)14)8-3-4-8/h5,8-9,12H,3-4H2,1-2H3,(H,13,14). The molecule has 0 saturated heterocycles. The van der Waals surface area contributed by atoms with Gasteiger partial charge in [0.2, 0.25) is 0 Å². The fourth-order valence-electron chi connectivity index (χ4n) is 1.93. The number of carboxylic acids is 1. The smallest absolute Gasteiger partial charge is 0.312 e. The minimum Gasteiger partial charge on any atom is -0.481 e. The first-order chi connectivity index (χ1) is 6.61. The van der Waals surface area contributed by atoms with Gasteiger partial charge in [0.25, 0.3) is 0 Å². The van der Waals surface area contributed by atoms with Crippen LogP contribution in [0.15, 0.2) is 6.20 Å². The molecule has 0 bridgehead atoms. The van der Waals surface area contributed by atoms with Crippen molar-refractivity contribution in [1.82, 2.24) is 4.98 Å². The minimum absolute atomic E-state index is 0.316. The van der Waals surface area contributed by atoms with E-state index >= 15 is 0 Å². The predicted octanol–water partition coefficient (Wildman–Crippen LogP) is 2.21. The molecule has 14 heavy (non-hydrogen) atoms. The van der Waals surface area contributed by atoms with Crippen LogP contribution in [0.25, 0.3) is 0 Å². The van der Waals surface area contributed by atoms with Crippen LogP contribution >= 0.6 is 0 Å². The fourth-order valence-corrected chi connectivity index (χ4v) is 1.93. The Morgan fingerprint density at radius 1 is 1.57 bits per heavy atom. The lowest BCUT2D eigenvalue weighted by molar-refractivity contribution is -0.139. The molecule has 1 saturated carbocycles. The maximum Gasteiger partial charge on any atom is 0.312 e. The number of H-pyrrole nitrogens is 1. The van der Waals surface area contributed by atoms with E-state index in [2.05, 4.69) is 4.98 Å². The van der Waals surface area contributed by atoms with Gasteiger partial charge in [-0.1, -0.05) is 0 Å². The maximum atomic E-state index is 11.1. The largest absolute Gasteiger partial charge is 0.481 e. The summed E-state index contributed by atoms with van der Waals surface area (Å²) in [6.45, 7) is 3.99. The van der Waals surface area contributed by atoms with Crippen molar-refractivity contribution in [2.24, 2.45) is 5.92 Å². The van der Waals surface area contributed by atoms with Crippen molar-refractivity contribution in [2.45, 2.75) is 32.6 Å². The second-order valence-corrected chi connectivity index (χ2v) is 4.16. The summed E-state index contributed by atoms with van der Waals surface area (Å²) < 4.78 is 0. The van der Waals surface area contributed by atoms with Gasteiger partial charge >= 0.3 is 5.97 Å². The Labute approximate surface area is 83.1 Å². The van der Waals surface area contributed by atoms with Gasteiger partial charge in [-0.3, -0.25) is 4.79 Å². The summed E-state index contributed by atoms with van der Waals surface area (Å²) in [7, 11) is 0. The van der Waals surface area contributed by atoms with E-state index in [1.165, 1.54) is 0 Å². The zero-order valence-electron chi connectivity index (χ0n) is 8.50. The van der Waals surface area contributed by atoms with Crippen molar-refractivity contribution in [3.63, 3.8) is 0 Å². The summed E-state index contributed by atoms with van der Waals surface area (Å²) in [6, 6.07) is 0. The van der Waals surface area contributed by atoms with Crippen LogP contribution in [0.5, 0.6) is 0 Å². The lowest BCUT2D eigenvalue weighted by Gasteiger charge is -2.10. The highest BCUT2D eigenvalue weighted by Gasteiger charge is 2.38. The van der Waals surface area contributed by atoms with Crippen LogP contribution in [-0.2, 0) is 4.79 Å². The molecule has 0 spiro atoms. The first kappa shape index (κ1) is 9.31. The fraction of sp³-hybridized carbons (Fsp3) is 0.545. The van der Waals surface area contributed by atoms with E-state index in [0.29, 0.717) is 5.92 Å². The maximum absolute atomic E-state index is 11.1. The Balaban J connectivity index is 2.34. The van der Waals surface area contributed by atoms with Crippen molar-refractivity contribution in [2.75, 3.05) is 0 Å². The number of aromatic nitrogens is 1. The van der Waals surface area contributed by atoms with Crippen LogP contribution in [0.3, 0.4) is 0 Å². The number of aliphatic carboxylic acids is 1. The highest BCUT2D eigenvalue weighted by molar-refractivity contribution is 5.77. The highest BCUT2D eigenvalue weighted by atomic mass is 16.4. The molecule has 1 atom stereocenters. The second-order valence-electron chi connectivity index (χ2n) is 4.16. The zero-order chi connectivity index (χ0) is 10.3. The molecule has 1 aromatic rings. The Morgan fingerprint density at radius 3 is 2.57 bits per heavy atom.